The zero-order chi connectivity index (χ0) is 20.4. The molecule has 28 heavy (non-hydrogen) atoms. The first-order chi connectivity index (χ1) is 13.2. The molecule has 2 nitrogen and oxygen atoms in total. The lowest BCUT2D eigenvalue weighted by Crippen LogP contribution is -2.36. The van der Waals surface area contributed by atoms with E-state index in [4.69, 9.17) is 0 Å². The molecule has 0 fully saturated rings. The van der Waals surface area contributed by atoms with Gasteiger partial charge in [-0.15, -0.1) is 0 Å². The van der Waals surface area contributed by atoms with Crippen LogP contribution in [0.1, 0.15) is 43.4 Å². The molecule has 0 radical (unpaired) electrons. The van der Waals surface area contributed by atoms with Gasteiger partial charge >= 0.3 is 6.18 Å². The van der Waals surface area contributed by atoms with E-state index in [2.05, 4.69) is 30.3 Å². The predicted molar refractivity (Wildman–Crippen MR) is 109 cm³/mol. The van der Waals surface area contributed by atoms with Crippen molar-refractivity contribution in [2.45, 2.75) is 44.7 Å². The van der Waals surface area contributed by atoms with Gasteiger partial charge in [0.15, 0.2) is 0 Å². The summed E-state index contributed by atoms with van der Waals surface area (Å²) in [5.41, 5.74) is 2.28. The molecule has 3 rings (SSSR count). The summed E-state index contributed by atoms with van der Waals surface area (Å²) < 4.78 is 40.9. The van der Waals surface area contributed by atoms with Gasteiger partial charge in [-0.05, 0) is 44.0 Å². The molecule has 146 valence electrons. The van der Waals surface area contributed by atoms with Crippen molar-refractivity contribution in [3.63, 3.8) is 0 Å². The van der Waals surface area contributed by atoms with Gasteiger partial charge < -0.3 is 4.57 Å². The second-order valence-electron chi connectivity index (χ2n) is 8.01. The summed E-state index contributed by atoms with van der Waals surface area (Å²) in [5.74, 6) is 0.00796. The molecule has 6 heteroatoms. The highest BCUT2D eigenvalue weighted by Gasteiger charge is 2.30. The average Bonchev–Trinajstić information content (AvgIpc) is 3.12. The van der Waals surface area contributed by atoms with Crippen molar-refractivity contribution in [3.05, 3.63) is 83.7 Å². The zero-order valence-electron chi connectivity index (χ0n) is 16.4. The predicted octanol–water partition coefficient (Wildman–Crippen LogP) is 4.97. The van der Waals surface area contributed by atoms with Crippen molar-refractivity contribution in [1.29, 1.82) is 0 Å². The van der Waals surface area contributed by atoms with Gasteiger partial charge in [-0.3, -0.25) is 4.98 Å². The van der Waals surface area contributed by atoms with Crippen LogP contribution >= 0.6 is 0 Å². The molecule has 1 aromatic heterocycles. The first-order valence-corrected chi connectivity index (χ1v) is 9.41. The Balaban J connectivity index is 1.88. The van der Waals surface area contributed by atoms with E-state index in [1.807, 2.05) is 36.5 Å². The van der Waals surface area contributed by atoms with Crippen molar-refractivity contribution < 1.29 is 13.2 Å². The molecule has 0 aliphatic carbocycles. The van der Waals surface area contributed by atoms with Crippen LogP contribution in [0, 0.1) is 0 Å². The standard InChI is InChI=1S/C22H24BF3N2/c1-21(2,3)28-14-13-27-20(28)23-15-19(16-7-5-4-6-8-16)17-9-11-18(12-10-17)22(24,25)26/h4-14,19,23H,15H2,1-3H3. The summed E-state index contributed by atoms with van der Waals surface area (Å²) in [5, 5.41) is 0. The van der Waals surface area contributed by atoms with E-state index in [1.54, 1.807) is 18.3 Å². The van der Waals surface area contributed by atoms with E-state index in [0.29, 0.717) is 0 Å². The zero-order valence-corrected chi connectivity index (χ0v) is 16.4. The van der Waals surface area contributed by atoms with Crippen LogP contribution in [-0.4, -0.2) is 16.8 Å². The van der Waals surface area contributed by atoms with Crippen LogP contribution in [0.4, 0.5) is 13.2 Å². The molecule has 0 spiro atoms. The van der Waals surface area contributed by atoms with Crippen molar-refractivity contribution in [2.24, 2.45) is 0 Å². The van der Waals surface area contributed by atoms with Crippen LogP contribution in [-0.2, 0) is 11.7 Å². The summed E-state index contributed by atoms with van der Waals surface area (Å²) in [6, 6.07) is 15.4. The molecular weight excluding hydrogens is 360 g/mol. The Hall–Kier alpha value is -2.50. The van der Waals surface area contributed by atoms with Crippen LogP contribution in [0.2, 0.25) is 6.32 Å². The molecule has 0 N–H and O–H groups in total. The van der Waals surface area contributed by atoms with E-state index in [9.17, 15) is 13.2 Å². The van der Waals surface area contributed by atoms with Crippen molar-refractivity contribution in [2.75, 3.05) is 0 Å². The fraction of sp³-hybridized carbons (Fsp3) is 0.318. The van der Waals surface area contributed by atoms with Gasteiger partial charge in [0.25, 0.3) is 0 Å². The Morgan fingerprint density at radius 2 is 1.54 bits per heavy atom. The first-order valence-electron chi connectivity index (χ1n) is 9.41. The highest BCUT2D eigenvalue weighted by atomic mass is 19.4. The second-order valence-corrected chi connectivity index (χ2v) is 8.01. The molecule has 1 unspecified atom stereocenters. The van der Waals surface area contributed by atoms with Crippen LogP contribution in [0.3, 0.4) is 0 Å². The van der Waals surface area contributed by atoms with Crippen molar-refractivity contribution >= 4 is 13.0 Å². The SMILES string of the molecule is CC(C)(C)n1ccnc1BCC(c1ccccc1)c1ccc(C(F)(F)F)cc1. The van der Waals surface area contributed by atoms with E-state index in [0.717, 1.165) is 30.5 Å². The van der Waals surface area contributed by atoms with Gasteiger partial charge in [0.2, 0.25) is 7.28 Å². The molecule has 0 saturated carbocycles. The van der Waals surface area contributed by atoms with Crippen LogP contribution in [0.25, 0.3) is 0 Å². The number of halogens is 3. The lowest BCUT2D eigenvalue weighted by molar-refractivity contribution is -0.137. The first kappa shape index (κ1) is 20.2. The van der Waals surface area contributed by atoms with Crippen molar-refractivity contribution in [1.82, 2.24) is 9.55 Å². The minimum absolute atomic E-state index is 0.00796. The molecule has 0 aliphatic rings. The molecule has 0 aliphatic heterocycles. The number of nitrogens with zero attached hydrogens (tertiary/aromatic N) is 2. The maximum atomic E-state index is 12.9. The van der Waals surface area contributed by atoms with Crippen LogP contribution < -0.4 is 5.72 Å². The third kappa shape index (κ3) is 4.67. The number of imidazole rings is 1. The molecule has 2 aromatic carbocycles. The molecule has 0 amide bonds. The van der Waals surface area contributed by atoms with Gasteiger partial charge in [0, 0.05) is 23.9 Å². The molecule has 1 atom stereocenters. The van der Waals surface area contributed by atoms with Gasteiger partial charge in [-0.2, -0.15) is 13.2 Å². The maximum Gasteiger partial charge on any atom is 0.416 e. The Bertz CT molecular complexity index is 894. The third-order valence-corrected chi connectivity index (χ3v) is 4.94. The molecule has 0 saturated heterocycles. The van der Waals surface area contributed by atoms with Crippen LogP contribution in [0.15, 0.2) is 67.0 Å². The normalized spacial score (nSPS) is 13.4. The molecule has 0 bridgehead atoms. The Labute approximate surface area is 164 Å². The number of alkyl halides is 3. The second kappa shape index (κ2) is 7.86. The fourth-order valence-corrected chi connectivity index (χ4v) is 3.52. The largest absolute Gasteiger partial charge is 0.416 e. The van der Waals surface area contributed by atoms with E-state index >= 15 is 0 Å². The monoisotopic (exact) mass is 384 g/mol. The lowest BCUT2D eigenvalue weighted by Gasteiger charge is -2.24. The highest BCUT2D eigenvalue weighted by molar-refractivity contribution is 6.51. The summed E-state index contributed by atoms with van der Waals surface area (Å²) in [4.78, 5) is 4.50. The molecule has 3 aromatic rings. The smallest absolute Gasteiger partial charge is 0.338 e. The Kier molecular flexibility index (Phi) is 5.68. The number of benzene rings is 2. The van der Waals surface area contributed by atoms with Gasteiger partial charge in [0.1, 0.15) is 0 Å². The van der Waals surface area contributed by atoms with Gasteiger partial charge in [0.05, 0.1) is 11.3 Å². The molecular formula is C22H24BF3N2. The number of aromatic nitrogens is 2. The number of hydrogen-bond donors (Lipinski definition) is 0. The topological polar surface area (TPSA) is 17.8 Å². The van der Waals surface area contributed by atoms with Gasteiger partial charge in [-0.25, -0.2) is 0 Å². The Morgan fingerprint density at radius 3 is 2.11 bits per heavy atom. The average molecular weight is 384 g/mol. The summed E-state index contributed by atoms with van der Waals surface area (Å²) in [7, 11) is 0.741. The van der Waals surface area contributed by atoms with E-state index in [1.165, 1.54) is 12.1 Å². The summed E-state index contributed by atoms with van der Waals surface area (Å²) in [6.07, 6.45) is 0.224. The quantitative estimate of drug-likeness (QED) is 0.568. The summed E-state index contributed by atoms with van der Waals surface area (Å²) in [6.45, 7) is 6.38. The van der Waals surface area contributed by atoms with Crippen molar-refractivity contribution in [3.8, 4) is 0 Å². The van der Waals surface area contributed by atoms with Crippen LogP contribution in [0.5, 0.6) is 0 Å². The number of rotatable bonds is 5. The highest BCUT2D eigenvalue weighted by Crippen LogP contribution is 2.33. The van der Waals surface area contributed by atoms with Gasteiger partial charge in [-0.1, -0.05) is 48.8 Å². The molecule has 1 heterocycles. The van der Waals surface area contributed by atoms with E-state index < -0.39 is 11.7 Å². The minimum atomic E-state index is -4.32. The lowest BCUT2D eigenvalue weighted by atomic mass is 9.65. The summed E-state index contributed by atoms with van der Waals surface area (Å²) >= 11 is 0. The fourth-order valence-electron chi connectivity index (χ4n) is 3.52. The van der Waals surface area contributed by atoms with E-state index in [-0.39, 0.29) is 11.5 Å². The third-order valence-electron chi connectivity index (χ3n) is 4.94. The number of hydrogen-bond acceptors (Lipinski definition) is 1. The maximum absolute atomic E-state index is 12.9. The Morgan fingerprint density at radius 1 is 0.929 bits per heavy atom. The minimum Gasteiger partial charge on any atom is -0.338 e.